The first-order valence-corrected chi connectivity index (χ1v) is 5.89. The fraction of sp³-hybridized carbons (Fsp3) is 0.286. The van der Waals surface area contributed by atoms with Crippen molar-refractivity contribution in [3.63, 3.8) is 0 Å². The summed E-state index contributed by atoms with van der Waals surface area (Å²) in [5.41, 5.74) is 12.7. The highest BCUT2D eigenvalue weighted by atomic mass is 16.3. The number of fused-ring (bicyclic) bond motifs is 1. The first-order chi connectivity index (χ1) is 8.20. The maximum atomic E-state index is 9.39. The van der Waals surface area contributed by atoms with Gasteiger partial charge in [-0.2, -0.15) is 0 Å². The van der Waals surface area contributed by atoms with Crippen molar-refractivity contribution in [2.75, 3.05) is 6.54 Å². The van der Waals surface area contributed by atoms with Gasteiger partial charge in [0.2, 0.25) is 0 Å². The molecule has 5 N–H and O–H groups in total. The predicted molar refractivity (Wildman–Crippen MR) is 70.8 cm³/mol. The molecule has 0 heterocycles. The zero-order valence-corrected chi connectivity index (χ0v) is 9.76. The largest absolute Gasteiger partial charge is 0.508 e. The van der Waals surface area contributed by atoms with Crippen molar-refractivity contribution in [1.29, 1.82) is 0 Å². The summed E-state index contributed by atoms with van der Waals surface area (Å²) in [6.07, 6.45) is 1.84. The van der Waals surface area contributed by atoms with Crippen LogP contribution < -0.4 is 11.5 Å². The molecule has 0 bridgehead atoms. The molecule has 1 atom stereocenters. The summed E-state index contributed by atoms with van der Waals surface area (Å²) in [5, 5.41) is 11.5. The minimum absolute atomic E-state index is 0.0387. The van der Waals surface area contributed by atoms with E-state index in [9.17, 15) is 5.11 Å². The Morgan fingerprint density at radius 2 is 1.76 bits per heavy atom. The number of aromatic hydroxyl groups is 1. The van der Waals surface area contributed by atoms with Crippen LogP contribution in [0.4, 0.5) is 0 Å². The van der Waals surface area contributed by atoms with Gasteiger partial charge in [-0.25, -0.2) is 0 Å². The van der Waals surface area contributed by atoms with Crippen LogP contribution in [0.15, 0.2) is 36.4 Å². The molecule has 17 heavy (non-hydrogen) atoms. The standard InChI is InChI=1S/C14H18N2O/c15-7-1-2-14(16)12-4-3-11-9-13(17)6-5-10(11)8-12/h3-6,8-9,14,17H,1-2,7,15-16H2/t14-/m0/s1. The third-order valence-electron chi connectivity index (χ3n) is 3.00. The second kappa shape index (κ2) is 5.17. The van der Waals surface area contributed by atoms with Crippen LogP contribution in [0.25, 0.3) is 10.8 Å². The van der Waals surface area contributed by atoms with E-state index < -0.39 is 0 Å². The Morgan fingerprint density at radius 3 is 2.53 bits per heavy atom. The molecule has 0 radical (unpaired) electrons. The van der Waals surface area contributed by atoms with Crippen LogP contribution in [0.3, 0.4) is 0 Å². The SMILES string of the molecule is NCCC[C@H](N)c1ccc2cc(O)ccc2c1. The van der Waals surface area contributed by atoms with Crippen molar-refractivity contribution in [2.24, 2.45) is 11.5 Å². The molecule has 3 heteroatoms. The molecule has 0 unspecified atom stereocenters. The zero-order valence-electron chi connectivity index (χ0n) is 9.76. The molecule has 0 fully saturated rings. The van der Waals surface area contributed by atoms with E-state index in [-0.39, 0.29) is 11.8 Å². The molecule has 2 aromatic rings. The first kappa shape index (κ1) is 11.9. The Kier molecular flexibility index (Phi) is 3.61. The van der Waals surface area contributed by atoms with Crippen LogP contribution >= 0.6 is 0 Å². The van der Waals surface area contributed by atoms with Gasteiger partial charge in [0.1, 0.15) is 5.75 Å². The van der Waals surface area contributed by atoms with Crippen LogP contribution in [0, 0.1) is 0 Å². The minimum Gasteiger partial charge on any atom is -0.508 e. The van der Waals surface area contributed by atoms with E-state index in [2.05, 4.69) is 6.07 Å². The van der Waals surface area contributed by atoms with E-state index in [1.807, 2.05) is 18.2 Å². The summed E-state index contributed by atoms with van der Waals surface area (Å²) in [7, 11) is 0. The van der Waals surface area contributed by atoms with Crippen LogP contribution in [-0.2, 0) is 0 Å². The Balaban J connectivity index is 2.28. The van der Waals surface area contributed by atoms with E-state index in [0.29, 0.717) is 6.54 Å². The molecule has 0 aliphatic carbocycles. The first-order valence-electron chi connectivity index (χ1n) is 5.89. The fourth-order valence-electron chi connectivity index (χ4n) is 1.99. The average Bonchev–Trinajstić information content (AvgIpc) is 2.35. The van der Waals surface area contributed by atoms with Gasteiger partial charge in [0, 0.05) is 6.04 Å². The lowest BCUT2D eigenvalue weighted by atomic mass is 9.99. The van der Waals surface area contributed by atoms with Gasteiger partial charge in [0.25, 0.3) is 0 Å². The van der Waals surface area contributed by atoms with Crippen molar-refractivity contribution < 1.29 is 5.11 Å². The molecular weight excluding hydrogens is 212 g/mol. The monoisotopic (exact) mass is 230 g/mol. The topological polar surface area (TPSA) is 72.3 Å². The third kappa shape index (κ3) is 2.75. The number of phenols is 1. The highest BCUT2D eigenvalue weighted by molar-refractivity contribution is 5.84. The molecule has 0 aromatic heterocycles. The van der Waals surface area contributed by atoms with Crippen molar-refractivity contribution in [2.45, 2.75) is 18.9 Å². The summed E-state index contributed by atoms with van der Waals surface area (Å²) < 4.78 is 0. The van der Waals surface area contributed by atoms with E-state index in [1.165, 1.54) is 0 Å². The highest BCUT2D eigenvalue weighted by Crippen LogP contribution is 2.24. The van der Waals surface area contributed by atoms with Crippen LogP contribution in [-0.4, -0.2) is 11.7 Å². The minimum atomic E-state index is 0.0387. The molecule has 0 saturated carbocycles. The van der Waals surface area contributed by atoms with Gasteiger partial charge in [0.05, 0.1) is 0 Å². The maximum absolute atomic E-state index is 9.39. The second-order valence-corrected chi connectivity index (χ2v) is 4.33. The lowest BCUT2D eigenvalue weighted by Crippen LogP contribution is -2.12. The number of rotatable bonds is 4. The summed E-state index contributed by atoms with van der Waals surface area (Å²) in [4.78, 5) is 0. The van der Waals surface area contributed by atoms with Gasteiger partial charge in [-0.1, -0.05) is 18.2 Å². The van der Waals surface area contributed by atoms with Crippen molar-refractivity contribution in [3.05, 3.63) is 42.0 Å². The smallest absolute Gasteiger partial charge is 0.116 e. The summed E-state index contributed by atoms with van der Waals surface area (Å²) >= 11 is 0. The Morgan fingerprint density at radius 1 is 1.06 bits per heavy atom. The number of hydrogen-bond donors (Lipinski definition) is 3. The van der Waals surface area contributed by atoms with Crippen LogP contribution in [0.1, 0.15) is 24.4 Å². The molecule has 3 nitrogen and oxygen atoms in total. The molecule has 0 saturated heterocycles. The predicted octanol–water partition coefficient (Wildman–Crippen LogP) is 2.28. The van der Waals surface area contributed by atoms with Crippen molar-refractivity contribution >= 4 is 10.8 Å². The highest BCUT2D eigenvalue weighted by Gasteiger charge is 2.06. The zero-order chi connectivity index (χ0) is 12.3. The molecule has 2 rings (SSSR count). The average molecular weight is 230 g/mol. The number of hydrogen-bond acceptors (Lipinski definition) is 3. The molecule has 0 aliphatic heterocycles. The summed E-state index contributed by atoms with van der Waals surface area (Å²) in [5.74, 6) is 0.290. The van der Waals surface area contributed by atoms with Gasteiger partial charge < -0.3 is 16.6 Å². The molecule has 0 aliphatic rings. The Bertz CT molecular complexity index is 511. The van der Waals surface area contributed by atoms with Gasteiger partial charge in [0.15, 0.2) is 0 Å². The molecular formula is C14H18N2O. The van der Waals surface area contributed by atoms with E-state index in [1.54, 1.807) is 12.1 Å². The summed E-state index contributed by atoms with van der Waals surface area (Å²) in [6, 6.07) is 11.5. The van der Waals surface area contributed by atoms with E-state index in [4.69, 9.17) is 11.5 Å². The molecule has 2 aromatic carbocycles. The van der Waals surface area contributed by atoms with Crippen molar-refractivity contribution in [3.8, 4) is 5.75 Å². The Labute approximate surface area is 101 Å². The van der Waals surface area contributed by atoms with Crippen LogP contribution in [0.5, 0.6) is 5.75 Å². The van der Waals surface area contributed by atoms with Crippen LogP contribution in [0.2, 0.25) is 0 Å². The van der Waals surface area contributed by atoms with Gasteiger partial charge >= 0.3 is 0 Å². The maximum Gasteiger partial charge on any atom is 0.116 e. The Hall–Kier alpha value is -1.58. The third-order valence-corrected chi connectivity index (χ3v) is 3.00. The second-order valence-electron chi connectivity index (χ2n) is 4.33. The van der Waals surface area contributed by atoms with Crippen molar-refractivity contribution in [1.82, 2.24) is 0 Å². The molecule has 0 amide bonds. The summed E-state index contributed by atoms with van der Waals surface area (Å²) in [6.45, 7) is 0.676. The number of benzene rings is 2. The van der Waals surface area contributed by atoms with E-state index in [0.717, 1.165) is 29.2 Å². The molecule has 0 spiro atoms. The lowest BCUT2D eigenvalue weighted by Gasteiger charge is -2.12. The van der Waals surface area contributed by atoms with Gasteiger partial charge in [-0.3, -0.25) is 0 Å². The number of phenolic OH excluding ortho intramolecular Hbond substituents is 1. The quantitative estimate of drug-likeness (QED) is 0.754. The van der Waals surface area contributed by atoms with Gasteiger partial charge in [-0.15, -0.1) is 0 Å². The normalized spacial score (nSPS) is 12.8. The lowest BCUT2D eigenvalue weighted by molar-refractivity contribution is 0.476. The van der Waals surface area contributed by atoms with E-state index >= 15 is 0 Å². The molecule has 90 valence electrons. The van der Waals surface area contributed by atoms with Gasteiger partial charge in [-0.05, 0) is 53.9 Å². The fourth-order valence-corrected chi connectivity index (χ4v) is 1.99. The number of nitrogens with two attached hydrogens (primary N) is 2.